The van der Waals surface area contributed by atoms with Crippen molar-refractivity contribution >= 4 is 22.6 Å². The fraction of sp³-hybridized carbons (Fsp3) is 0.333. The van der Waals surface area contributed by atoms with E-state index in [9.17, 15) is 4.79 Å². The first kappa shape index (κ1) is 12.0. The minimum absolute atomic E-state index is 0.487. The van der Waals surface area contributed by atoms with Gasteiger partial charge in [0, 0.05) is 17.4 Å². The third-order valence-corrected chi connectivity index (χ3v) is 3.87. The van der Waals surface area contributed by atoms with E-state index in [0.717, 1.165) is 35.5 Å². The monoisotopic (exact) mass is 256 g/mol. The number of aromatic nitrogens is 1. The molecule has 1 aliphatic rings. The molecule has 3 rings (SSSR count). The van der Waals surface area contributed by atoms with E-state index in [1.165, 1.54) is 10.9 Å². The van der Waals surface area contributed by atoms with Crippen molar-refractivity contribution in [3.05, 3.63) is 35.0 Å². The Labute approximate surface area is 111 Å². The van der Waals surface area contributed by atoms with Crippen molar-refractivity contribution in [3.8, 4) is 0 Å². The third-order valence-electron chi connectivity index (χ3n) is 3.87. The molecular formula is C15H16N2O2. The van der Waals surface area contributed by atoms with Crippen LogP contribution in [0, 0.1) is 0 Å². The SMILES string of the molecule is CC1=NCCc2c1[nH]c1cc(C(C)C(=O)O)ccc21. The Morgan fingerprint density at radius 1 is 1.47 bits per heavy atom. The fourth-order valence-corrected chi connectivity index (χ4v) is 2.67. The lowest BCUT2D eigenvalue weighted by molar-refractivity contribution is -0.138. The van der Waals surface area contributed by atoms with Crippen LogP contribution in [0.2, 0.25) is 0 Å². The Balaban J connectivity index is 2.16. The van der Waals surface area contributed by atoms with Crippen LogP contribution in [0.4, 0.5) is 0 Å². The average Bonchev–Trinajstić information content (AvgIpc) is 2.77. The summed E-state index contributed by atoms with van der Waals surface area (Å²) in [6.07, 6.45) is 0.945. The van der Waals surface area contributed by atoms with Gasteiger partial charge in [-0.2, -0.15) is 0 Å². The number of aliphatic carboxylic acids is 1. The van der Waals surface area contributed by atoms with Crippen LogP contribution < -0.4 is 0 Å². The first-order valence-electron chi connectivity index (χ1n) is 6.46. The largest absolute Gasteiger partial charge is 0.481 e. The quantitative estimate of drug-likeness (QED) is 0.867. The van der Waals surface area contributed by atoms with Crippen LogP contribution in [-0.4, -0.2) is 28.3 Å². The van der Waals surface area contributed by atoms with Gasteiger partial charge in [-0.15, -0.1) is 0 Å². The van der Waals surface area contributed by atoms with Gasteiger partial charge in [0.15, 0.2) is 0 Å². The number of nitrogens with one attached hydrogen (secondary N) is 1. The summed E-state index contributed by atoms with van der Waals surface area (Å²) in [4.78, 5) is 18.9. The Morgan fingerprint density at radius 3 is 3.00 bits per heavy atom. The van der Waals surface area contributed by atoms with Gasteiger partial charge < -0.3 is 10.1 Å². The van der Waals surface area contributed by atoms with Crippen molar-refractivity contribution < 1.29 is 9.90 Å². The highest BCUT2D eigenvalue weighted by atomic mass is 16.4. The molecule has 1 unspecified atom stereocenters. The Kier molecular flexibility index (Phi) is 2.66. The minimum atomic E-state index is -0.798. The lowest BCUT2D eigenvalue weighted by Gasteiger charge is -2.09. The van der Waals surface area contributed by atoms with Crippen molar-refractivity contribution in [1.29, 1.82) is 0 Å². The number of hydrogen-bond donors (Lipinski definition) is 2. The maximum absolute atomic E-state index is 11.1. The summed E-state index contributed by atoms with van der Waals surface area (Å²) < 4.78 is 0. The predicted octanol–water partition coefficient (Wildman–Crippen LogP) is 2.72. The van der Waals surface area contributed by atoms with Gasteiger partial charge >= 0.3 is 5.97 Å². The molecule has 4 heteroatoms. The van der Waals surface area contributed by atoms with Gasteiger partial charge in [-0.3, -0.25) is 9.79 Å². The van der Waals surface area contributed by atoms with Crippen molar-refractivity contribution in [3.63, 3.8) is 0 Å². The number of carboxylic acids is 1. The van der Waals surface area contributed by atoms with Crippen molar-refractivity contribution in [2.24, 2.45) is 4.99 Å². The molecule has 19 heavy (non-hydrogen) atoms. The highest BCUT2D eigenvalue weighted by Gasteiger charge is 2.19. The molecule has 0 bridgehead atoms. The summed E-state index contributed by atoms with van der Waals surface area (Å²) >= 11 is 0. The van der Waals surface area contributed by atoms with Gasteiger partial charge in [-0.25, -0.2) is 0 Å². The third kappa shape index (κ3) is 1.84. The van der Waals surface area contributed by atoms with Crippen LogP contribution in [-0.2, 0) is 11.2 Å². The predicted molar refractivity (Wildman–Crippen MR) is 75.1 cm³/mol. The molecule has 2 N–H and O–H groups in total. The fourth-order valence-electron chi connectivity index (χ4n) is 2.67. The van der Waals surface area contributed by atoms with E-state index in [0.29, 0.717) is 0 Å². The van der Waals surface area contributed by atoms with E-state index < -0.39 is 11.9 Å². The average molecular weight is 256 g/mol. The molecule has 0 aliphatic carbocycles. The number of rotatable bonds is 2. The molecule has 1 aromatic carbocycles. The van der Waals surface area contributed by atoms with Crippen LogP contribution in [0.5, 0.6) is 0 Å². The maximum Gasteiger partial charge on any atom is 0.310 e. The highest BCUT2D eigenvalue weighted by molar-refractivity contribution is 6.05. The molecule has 0 amide bonds. The molecule has 0 fully saturated rings. The molecule has 2 heterocycles. The Hall–Kier alpha value is -2.10. The molecular weight excluding hydrogens is 240 g/mol. The number of fused-ring (bicyclic) bond motifs is 3. The summed E-state index contributed by atoms with van der Waals surface area (Å²) in [6, 6.07) is 5.88. The topological polar surface area (TPSA) is 65.5 Å². The Morgan fingerprint density at radius 2 is 2.26 bits per heavy atom. The number of nitrogens with zero attached hydrogens (tertiary/aromatic N) is 1. The standard InChI is InChI=1S/C15H16N2O2/c1-8(15(18)19)10-3-4-11-12-5-6-16-9(2)14(12)17-13(11)7-10/h3-4,7-8,17H,5-6H2,1-2H3,(H,18,19). The first-order valence-corrected chi connectivity index (χ1v) is 6.46. The number of H-pyrrole nitrogens is 1. The van der Waals surface area contributed by atoms with E-state index >= 15 is 0 Å². The molecule has 98 valence electrons. The van der Waals surface area contributed by atoms with Crippen LogP contribution in [0.15, 0.2) is 23.2 Å². The van der Waals surface area contributed by atoms with Crippen LogP contribution >= 0.6 is 0 Å². The van der Waals surface area contributed by atoms with Gasteiger partial charge in [0.1, 0.15) is 0 Å². The maximum atomic E-state index is 11.1. The zero-order chi connectivity index (χ0) is 13.6. The number of benzene rings is 1. The van der Waals surface area contributed by atoms with Gasteiger partial charge in [0.05, 0.1) is 17.3 Å². The summed E-state index contributed by atoms with van der Waals surface area (Å²) in [5.74, 6) is -1.28. The first-order chi connectivity index (χ1) is 9.08. The Bertz CT molecular complexity index is 697. The smallest absolute Gasteiger partial charge is 0.310 e. The summed E-state index contributed by atoms with van der Waals surface area (Å²) in [5, 5.41) is 10.3. The lowest BCUT2D eigenvalue weighted by atomic mass is 9.98. The number of aliphatic imine (C=N–C) groups is 1. The number of carbonyl (C=O) groups is 1. The normalized spacial score (nSPS) is 16.0. The lowest BCUT2D eigenvalue weighted by Crippen LogP contribution is -2.08. The van der Waals surface area contributed by atoms with Gasteiger partial charge in [-0.05, 0) is 37.5 Å². The number of carboxylic acid groups (broad SMARTS) is 1. The molecule has 0 radical (unpaired) electrons. The zero-order valence-corrected chi connectivity index (χ0v) is 11.0. The van der Waals surface area contributed by atoms with E-state index in [1.54, 1.807) is 6.92 Å². The summed E-state index contributed by atoms with van der Waals surface area (Å²) in [7, 11) is 0. The molecule has 1 atom stereocenters. The van der Waals surface area contributed by atoms with Gasteiger partial charge in [0.25, 0.3) is 0 Å². The van der Waals surface area contributed by atoms with Crippen molar-refractivity contribution in [1.82, 2.24) is 4.98 Å². The van der Waals surface area contributed by atoms with E-state index in [-0.39, 0.29) is 0 Å². The minimum Gasteiger partial charge on any atom is -0.481 e. The number of aromatic amines is 1. The molecule has 1 aliphatic heterocycles. The second-order valence-electron chi connectivity index (χ2n) is 5.06. The number of hydrogen-bond acceptors (Lipinski definition) is 2. The van der Waals surface area contributed by atoms with Crippen molar-refractivity contribution in [2.75, 3.05) is 6.54 Å². The second kappa shape index (κ2) is 4.23. The molecule has 0 spiro atoms. The molecule has 4 nitrogen and oxygen atoms in total. The molecule has 2 aromatic rings. The molecule has 1 aromatic heterocycles. The van der Waals surface area contributed by atoms with Crippen molar-refractivity contribution in [2.45, 2.75) is 26.2 Å². The second-order valence-corrected chi connectivity index (χ2v) is 5.06. The summed E-state index contributed by atoms with van der Waals surface area (Å²) in [5.41, 5.74) is 5.27. The van der Waals surface area contributed by atoms with Crippen LogP contribution in [0.1, 0.15) is 36.6 Å². The van der Waals surface area contributed by atoms with Crippen LogP contribution in [0.3, 0.4) is 0 Å². The van der Waals surface area contributed by atoms with E-state index in [4.69, 9.17) is 5.11 Å². The zero-order valence-electron chi connectivity index (χ0n) is 11.0. The van der Waals surface area contributed by atoms with Crippen LogP contribution in [0.25, 0.3) is 10.9 Å². The van der Waals surface area contributed by atoms with E-state index in [1.807, 2.05) is 25.1 Å². The molecule has 0 saturated carbocycles. The molecule has 0 saturated heterocycles. The van der Waals surface area contributed by atoms with E-state index in [2.05, 4.69) is 9.98 Å². The van der Waals surface area contributed by atoms with Gasteiger partial charge in [0.2, 0.25) is 0 Å². The highest BCUT2D eigenvalue weighted by Crippen LogP contribution is 2.28. The summed E-state index contributed by atoms with van der Waals surface area (Å²) in [6.45, 7) is 4.55. The van der Waals surface area contributed by atoms with Gasteiger partial charge in [-0.1, -0.05) is 12.1 Å².